The lowest BCUT2D eigenvalue weighted by Gasteiger charge is -2.08. The molecule has 0 aliphatic carbocycles. The second-order valence-electron chi connectivity index (χ2n) is 2.72. The van der Waals surface area contributed by atoms with Crippen LogP contribution in [0.5, 0.6) is 0 Å². The Balaban J connectivity index is 0.000000791. The lowest BCUT2D eigenvalue weighted by Crippen LogP contribution is -2.12. The van der Waals surface area contributed by atoms with Crippen LogP contribution in [-0.4, -0.2) is 6.18 Å². The second-order valence-corrected chi connectivity index (χ2v) is 2.72. The van der Waals surface area contributed by atoms with Gasteiger partial charge in [0.05, 0.1) is 6.42 Å². The van der Waals surface area contributed by atoms with Crippen molar-refractivity contribution in [3.63, 3.8) is 0 Å². The molecule has 14 heavy (non-hydrogen) atoms. The van der Waals surface area contributed by atoms with Gasteiger partial charge in [-0.1, -0.05) is 38.1 Å². The molecule has 0 amide bonds. The van der Waals surface area contributed by atoms with E-state index in [0.29, 0.717) is 11.1 Å². The van der Waals surface area contributed by atoms with Gasteiger partial charge >= 0.3 is 6.18 Å². The van der Waals surface area contributed by atoms with Gasteiger partial charge in [0, 0.05) is 0 Å². The number of benzene rings is 1. The third-order valence-electron chi connectivity index (χ3n) is 1.65. The summed E-state index contributed by atoms with van der Waals surface area (Å²) in [5.41, 5.74) is 1.04. The third-order valence-corrected chi connectivity index (χ3v) is 1.65. The molecule has 0 saturated carbocycles. The lowest BCUT2D eigenvalue weighted by molar-refractivity contribution is -0.127. The summed E-state index contributed by atoms with van der Waals surface area (Å²) >= 11 is 0. The topological polar surface area (TPSA) is 0 Å². The van der Waals surface area contributed by atoms with Crippen molar-refractivity contribution in [2.24, 2.45) is 0 Å². The number of alkyl halides is 3. The van der Waals surface area contributed by atoms with Gasteiger partial charge in [0.15, 0.2) is 0 Å². The molecule has 1 aromatic rings. The van der Waals surface area contributed by atoms with Gasteiger partial charge in [0.2, 0.25) is 0 Å². The Morgan fingerprint density at radius 3 is 2.00 bits per heavy atom. The summed E-state index contributed by atoms with van der Waals surface area (Å²) in [5, 5.41) is 0. The largest absolute Gasteiger partial charge is 0.393 e. The van der Waals surface area contributed by atoms with E-state index in [0.717, 1.165) is 0 Å². The summed E-state index contributed by atoms with van der Waals surface area (Å²) < 4.78 is 35.8. The summed E-state index contributed by atoms with van der Waals surface area (Å²) in [4.78, 5) is 0. The van der Waals surface area contributed by atoms with E-state index in [1.54, 1.807) is 25.1 Å². The predicted molar refractivity (Wildman–Crippen MR) is 52.3 cm³/mol. The molecule has 0 radical (unpaired) electrons. The Labute approximate surface area is 82.8 Å². The van der Waals surface area contributed by atoms with Crippen molar-refractivity contribution < 1.29 is 13.2 Å². The fraction of sp³-hybridized carbons (Fsp3) is 0.455. The standard InChI is InChI=1S/C9H9F3.C2H6/c1-7-4-2-3-5-8(7)6-9(10,11)12;1-2/h2-5H,6H2,1H3;1-2H3. The van der Waals surface area contributed by atoms with Gasteiger partial charge in [0.1, 0.15) is 0 Å². The second kappa shape index (κ2) is 5.68. The van der Waals surface area contributed by atoms with Gasteiger partial charge in [-0.2, -0.15) is 13.2 Å². The van der Waals surface area contributed by atoms with E-state index in [-0.39, 0.29) is 0 Å². The summed E-state index contributed by atoms with van der Waals surface area (Å²) in [6, 6.07) is 6.53. The van der Waals surface area contributed by atoms with Crippen LogP contribution in [0, 0.1) is 6.92 Å². The molecular formula is C11H15F3. The lowest BCUT2D eigenvalue weighted by atomic mass is 10.1. The van der Waals surface area contributed by atoms with E-state index in [1.165, 1.54) is 6.07 Å². The molecular weight excluding hydrogens is 189 g/mol. The van der Waals surface area contributed by atoms with E-state index in [4.69, 9.17) is 0 Å². The fourth-order valence-corrected chi connectivity index (χ4v) is 1.02. The maximum Gasteiger partial charge on any atom is 0.393 e. The molecule has 0 N–H and O–H groups in total. The summed E-state index contributed by atoms with van der Waals surface area (Å²) in [6.07, 6.45) is -4.94. The van der Waals surface area contributed by atoms with Crippen LogP contribution in [0.3, 0.4) is 0 Å². The Kier molecular flexibility index (Phi) is 5.28. The molecule has 0 aliphatic rings. The van der Waals surface area contributed by atoms with Gasteiger partial charge < -0.3 is 0 Å². The molecule has 0 atom stereocenters. The molecule has 0 aliphatic heterocycles. The fourth-order valence-electron chi connectivity index (χ4n) is 1.02. The predicted octanol–water partition coefficient (Wildman–Crippen LogP) is 4.13. The maximum atomic E-state index is 11.9. The van der Waals surface area contributed by atoms with Crippen LogP contribution in [-0.2, 0) is 6.42 Å². The van der Waals surface area contributed by atoms with E-state index in [2.05, 4.69) is 0 Å². The highest BCUT2D eigenvalue weighted by atomic mass is 19.4. The van der Waals surface area contributed by atoms with Gasteiger partial charge in [-0.05, 0) is 18.1 Å². The summed E-state index contributed by atoms with van der Waals surface area (Å²) in [7, 11) is 0. The van der Waals surface area contributed by atoms with Crippen molar-refractivity contribution in [3.05, 3.63) is 35.4 Å². The molecule has 0 saturated heterocycles. The minimum Gasteiger partial charge on any atom is -0.171 e. The van der Waals surface area contributed by atoms with Crippen LogP contribution in [0.15, 0.2) is 24.3 Å². The SMILES string of the molecule is CC.Cc1ccccc1CC(F)(F)F. The zero-order valence-corrected chi connectivity index (χ0v) is 8.65. The number of halogens is 3. The maximum absolute atomic E-state index is 11.9. The van der Waals surface area contributed by atoms with Crippen LogP contribution in [0.1, 0.15) is 25.0 Å². The van der Waals surface area contributed by atoms with Crippen LogP contribution < -0.4 is 0 Å². The van der Waals surface area contributed by atoms with Crippen molar-refractivity contribution in [2.75, 3.05) is 0 Å². The molecule has 3 heteroatoms. The first-order valence-electron chi connectivity index (χ1n) is 4.60. The average molecular weight is 204 g/mol. The smallest absolute Gasteiger partial charge is 0.171 e. The van der Waals surface area contributed by atoms with E-state index < -0.39 is 12.6 Å². The van der Waals surface area contributed by atoms with Gasteiger partial charge in [-0.3, -0.25) is 0 Å². The third kappa shape index (κ3) is 4.90. The molecule has 0 spiro atoms. The Bertz CT molecular complexity index is 263. The van der Waals surface area contributed by atoms with Gasteiger partial charge in [-0.25, -0.2) is 0 Å². The van der Waals surface area contributed by atoms with Crippen LogP contribution in [0.2, 0.25) is 0 Å². The van der Waals surface area contributed by atoms with Crippen molar-refractivity contribution in [1.82, 2.24) is 0 Å². The van der Waals surface area contributed by atoms with Crippen molar-refractivity contribution >= 4 is 0 Å². The monoisotopic (exact) mass is 204 g/mol. The molecule has 0 bridgehead atoms. The van der Waals surface area contributed by atoms with Crippen LogP contribution in [0.25, 0.3) is 0 Å². The summed E-state index contributed by atoms with van der Waals surface area (Å²) in [5.74, 6) is 0. The normalized spacial score (nSPS) is 10.4. The Morgan fingerprint density at radius 2 is 1.57 bits per heavy atom. The van der Waals surface area contributed by atoms with E-state index >= 15 is 0 Å². The first kappa shape index (κ1) is 13.0. The van der Waals surface area contributed by atoms with Gasteiger partial charge in [0.25, 0.3) is 0 Å². The van der Waals surface area contributed by atoms with Crippen LogP contribution >= 0.6 is 0 Å². The number of rotatable bonds is 1. The molecule has 1 aromatic carbocycles. The summed E-state index contributed by atoms with van der Waals surface area (Å²) in [6.45, 7) is 5.68. The molecule has 0 fully saturated rings. The first-order valence-corrected chi connectivity index (χ1v) is 4.60. The highest BCUT2D eigenvalue weighted by Crippen LogP contribution is 2.22. The molecule has 0 aromatic heterocycles. The van der Waals surface area contributed by atoms with Crippen molar-refractivity contribution in [1.29, 1.82) is 0 Å². The van der Waals surface area contributed by atoms with Gasteiger partial charge in [-0.15, -0.1) is 0 Å². The van der Waals surface area contributed by atoms with Crippen LogP contribution in [0.4, 0.5) is 13.2 Å². The number of aryl methyl sites for hydroxylation is 1. The highest BCUT2D eigenvalue weighted by molar-refractivity contribution is 5.26. The Morgan fingerprint density at radius 1 is 1.07 bits per heavy atom. The van der Waals surface area contributed by atoms with Crippen molar-refractivity contribution in [3.8, 4) is 0 Å². The quantitative estimate of drug-likeness (QED) is 0.645. The first-order chi connectivity index (χ1) is 6.49. The Hall–Kier alpha value is -0.990. The van der Waals surface area contributed by atoms with E-state index in [1.807, 2.05) is 13.8 Å². The molecule has 1 rings (SSSR count). The molecule has 80 valence electrons. The van der Waals surface area contributed by atoms with Crippen molar-refractivity contribution in [2.45, 2.75) is 33.4 Å². The highest BCUT2D eigenvalue weighted by Gasteiger charge is 2.27. The minimum absolute atomic E-state index is 0.352. The van der Waals surface area contributed by atoms with E-state index in [9.17, 15) is 13.2 Å². The minimum atomic E-state index is -4.11. The molecule has 0 unspecified atom stereocenters. The number of hydrogen-bond acceptors (Lipinski definition) is 0. The molecule has 0 heterocycles. The molecule has 0 nitrogen and oxygen atoms in total. The average Bonchev–Trinajstić information content (AvgIpc) is 2.10. The zero-order valence-electron chi connectivity index (χ0n) is 8.65. The zero-order chi connectivity index (χ0) is 11.2. The number of hydrogen-bond donors (Lipinski definition) is 0.